The lowest BCUT2D eigenvalue weighted by Gasteiger charge is -2.14. The maximum Gasteiger partial charge on any atom is 0.341 e. The number of benzene rings is 3. The van der Waals surface area contributed by atoms with Gasteiger partial charge in [0.2, 0.25) is 0 Å². The number of hydrogen-bond donors (Lipinski definition) is 6. The van der Waals surface area contributed by atoms with E-state index < -0.39 is 48.7 Å². The van der Waals surface area contributed by atoms with Gasteiger partial charge >= 0.3 is 5.97 Å². The number of carboxylic acid groups (broad SMARTS) is 1. The largest absolute Gasteiger partial charge is 0.505 e. The number of nitrogens with one attached hydrogen (secondary N) is 1. The standard InChI is InChI=1S/C21H16N8O11S2/c1-8-14(21(31)32)20(27-23-8)28-25-17-12(41-40-39-35)6-9-7-13(42(36,37)38)18(16(22)15(9)19(17)30)26-24-10-2-4-11(5-3-10)29(33)34/h2-7,30,35H,22H2,1H3,(H,23,27)(H,31,32)(H,36,37,38)/b26-24+,28-25+. The molecule has 0 fully saturated rings. The van der Waals surface area contributed by atoms with Gasteiger partial charge in [-0.3, -0.25) is 19.8 Å². The number of H-pyrrole nitrogens is 1. The molecular formula is C21H16N8O11S2. The Morgan fingerprint density at radius 2 is 1.81 bits per heavy atom. The number of nitro groups is 1. The van der Waals surface area contributed by atoms with Crippen LogP contribution in [-0.4, -0.2) is 49.5 Å². The summed E-state index contributed by atoms with van der Waals surface area (Å²) in [5.74, 6) is -2.39. The van der Waals surface area contributed by atoms with Crippen LogP contribution in [0.3, 0.4) is 0 Å². The molecule has 42 heavy (non-hydrogen) atoms. The third-order valence-electron chi connectivity index (χ3n) is 5.46. The molecule has 1 heterocycles. The van der Waals surface area contributed by atoms with E-state index in [9.17, 15) is 38.1 Å². The number of aromatic nitrogens is 2. The number of nitrogens with two attached hydrogens (primary N) is 1. The van der Waals surface area contributed by atoms with Crippen molar-refractivity contribution in [2.24, 2.45) is 20.5 Å². The van der Waals surface area contributed by atoms with E-state index in [2.05, 4.69) is 40.0 Å². The first-order chi connectivity index (χ1) is 19.8. The van der Waals surface area contributed by atoms with Gasteiger partial charge in [0.15, 0.2) is 11.6 Å². The maximum atomic E-state index is 12.2. The van der Waals surface area contributed by atoms with Gasteiger partial charge in [0, 0.05) is 12.1 Å². The molecule has 4 rings (SSSR count). The molecule has 0 amide bonds. The van der Waals surface area contributed by atoms with Crippen molar-refractivity contribution in [3.05, 3.63) is 57.8 Å². The number of carbonyl (C=O) groups is 1. The summed E-state index contributed by atoms with van der Waals surface area (Å²) in [7, 11) is -5.00. The fourth-order valence-corrected chi connectivity index (χ4v) is 4.79. The van der Waals surface area contributed by atoms with Gasteiger partial charge in [0.25, 0.3) is 15.8 Å². The number of azo groups is 2. The number of aromatic carboxylic acids is 1. The topological polar surface area (TPSA) is 298 Å². The van der Waals surface area contributed by atoms with Crippen LogP contribution in [0.25, 0.3) is 10.8 Å². The van der Waals surface area contributed by atoms with Crippen LogP contribution >= 0.6 is 12.0 Å². The number of aromatic hydroxyl groups is 1. The van der Waals surface area contributed by atoms with Crippen molar-refractivity contribution in [2.75, 3.05) is 5.73 Å². The summed E-state index contributed by atoms with van der Waals surface area (Å²) in [5, 5.41) is 64.7. The molecule has 0 aliphatic carbocycles. The highest BCUT2D eigenvalue weighted by atomic mass is 32.2. The van der Waals surface area contributed by atoms with Gasteiger partial charge in [-0.1, -0.05) is 5.04 Å². The van der Waals surface area contributed by atoms with Gasteiger partial charge in [0.1, 0.15) is 21.8 Å². The molecule has 0 radical (unpaired) electrons. The van der Waals surface area contributed by atoms with E-state index in [1.807, 2.05) is 0 Å². The minimum absolute atomic E-state index is 0.0529. The number of rotatable bonds is 10. The summed E-state index contributed by atoms with van der Waals surface area (Å²) in [6, 6.07) is 6.76. The molecule has 0 aliphatic rings. The summed E-state index contributed by atoms with van der Waals surface area (Å²) in [4.78, 5) is 20.8. The molecule has 0 saturated heterocycles. The van der Waals surface area contributed by atoms with E-state index in [0.29, 0.717) is 12.0 Å². The third-order valence-corrected chi connectivity index (χ3v) is 6.95. The summed E-state index contributed by atoms with van der Waals surface area (Å²) in [5.41, 5.74) is 4.28. The Kier molecular flexibility index (Phi) is 8.41. The Morgan fingerprint density at radius 1 is 1.14 bits per heavy atom. The van der Waals surface area contributed by atoms with Crippen LogP contribution in [0.4, 0.5) is 34.3 Å². The zero-order valence-electron chi connectivity index (χ0n) is 20.7. The number of anilines is 1. The number of nitrogen functional groups attached to an aromatic ring is 1. The molecule has 3 aromatic carbocycles. The lowest BCUT2D eigenvalue weighted by molar-refractivity contribution is -0.432. The maximum absolute atomic E-state index is 12.2. The number of non-ortho nitro benzene ring substituents is 1. The zero-order valence-corrected chi connectivity index (χ0v) is 22.3. The van der Waals surface area contributed by atoms with E-state index in [1.165, 1.54) is 25.1 Å². The Morgan fingerprint density at radius 3 is 2.40 bits per heavy atom. The second-order valence-corrected chi connectivity index (χ2v) is 10.2. The smallest absolute Gasteiger partial charge is 0.341 e. The number of phenols is 1. The summed E-state index contributed by atoms with van der Waals surface area (Å²) in [6.45, 7) is 1.40. The molecule has 0 bridgehead atoms. The van der Waals surface area contributed by atoms with Crippen molar-refractivity contribution in [1.82, 2.24) is 10.2 Å². The normalized spacial score (nSPS) is 12.1. The molecule has 218 valence electrons. The number of phenolic OH excluding ortho intramolecular Hbond substituents is 1. The Balaban J connectivity index is 1.94. The first-order valence-electron chi connectivity index (χ1n) is 10.9. The van der Waals surface area contributed by atoms with Gasteiger partial charge in [-0.15, -0.1) is 19.7 Å². The van der Waals surface area contributed by atoms with Crippen molar-refractivity contribution in [3.63, 3.8) is 0 Å². The monoisotopic (exact) mass is 620 g/mol. The predicted molar refractivity (Wildman–Crippen MR) is 142 cm³/mol. The molecule has 0 atom stereocenters. The van der Waals surface area contributed by atoms with E-state index in [0.717, 1.165) is 18.2 Å². The number of nitrogens with zero attached hydrogens (tertiary/aromatic N) is 6. The van der Waals surface area contributed by atoms with Crippen molar-refractivity contribution in [1.29, 1.82) is 0 Å². The first kappa shape index (κ1) is 29.9. The molecule has 19 nitrogen and oxygen atoms in total. The van der Waals surface area contributed by atoms with E-state index >= 15 is 0 Å². The zero-order chi connectivity index (χ0) is 30.8. The van der Waals surface area contributed by atoms with Crippen LogP contribution in [0.2, 0.25) is 0 Å². The van der Waals surface area contributed by atoms with Crippen LogP contribution in [0, 0.1) is 17.0 Å². The third kappa shape index (κ3) is 5.99. The second kappa shape index (κ2) is 11.8. The molecule has 0 aliphatic heterocycles. The molecule has 1 aromatic heterocycles. The molecular weight excluding hydrogens is 604 g/mol. The molecule has 0 saturated carbocycles. The van der Waals surface area contributed by atoms with Crippen molar-refractivity contribution in [2.45, 2.75) is 16.7 Å². The quantitative estimate of drug-likeness (QED) is 0.0250. The number of aryl methyl sites for hydroxylation is 1. The predicted octanol–water partition coefficient (Wildman–Crippen LogP) is 5.27. The van der Waals surface area contributed by atoms with Crippen LogP contribution in [0.5, 0.6) is 5.75 Å². The number of fused-ring (bicyclic) bond motifs is 1. The highest BCUT2D eigenvalue weighted by Gasteiger charge is 2.26. The molecule has 21 heteroatoms. The number of nitro benzene ring substituents is 1. The van der Waals surface area contributed by atoms with E-state index in [1.54, 1.807) is 0 Å². The van der Waals surface area contributed by atoms with Gasteiger partial charge in [-0.05, 0) is 36.6 Å². The first-order valence-corrected chi connectivity index (χ1v) is 13.1. The van der Waals surface area contributed by atoms with Gasteiger partial charge in [0.05, 0.1) is 44.3 Å². The van der Waals surface area contributed by atoms with Crippen molar-refractivity contribution >= 4 is 73.2 Å². The Hall–Kier alpha value is -5.06. The molecule has 4 aromatic rings. The lowest BCUT2D eigenvalue weighted by Crippen LogP contribution is -2.02. The van der Waals surface area contributed by atoms with Crippen LogP contribution in [-0.2, 0) is 19.5 Å². The Labute approximate surface area is 237 Å². The van der Waals surface area contributed by atoms with Gasteiger partial charge < -0.3 is 15.9 Å². The van der Waals surface area contributed by atoms with Gasteiger partial charge in [-0.2, -0.15) is 18.6 Å². The average molecular weight is 621 g/mol. The molecule has 7 N–H and O–H groups in total. The van der Waals surface area contributed by atoms with Crippen LogP contribution in [0.15, 0.2) is 66.6 Å². The molecule has 0 unspecified atom stereocenters. The van der Waals surface area contributed by atoms with E-state index in [4.69, 9.17) is 11.0 Å². The molecule has 0 spiro atoms. The summed E-state index contributed by atoms with van der Waals surface area (Å²) in [6.07, 6.45) is 0. The highest BCUT2D eigenvalue weighted by Crippen LogP contribution is 2.49. The SMILES string of the molecule is Cc1n[nH]c(/N=N/c2c(SOOO)cc3cc(S(=O)(=O)O)c(/N=N/c4ccc([N+](=O)[O-])cc4)c(N)c3c2O)c1C(=O)O. The summed E-state index contributed by atoms with van der Waals surface area (Å²) >= 11 is 0.290. The number of hydrogen-bond acceptors (Lipinski definition) is 16. The van der Waals surface area contributed by atoms with Crippen LogP contribution < -0.4 is 5.73 Å². The Bertz CT molecular complexity index is 1890. The summed E-state index contributed by atoms with van der Waals surface area (Å²) < 4.78 is 38.7. The van der Waals surface area contributed by atoms with Gasteiger partial charge in [-0.25, -0.2) is 10.1 Å². The van der Waals surface area contributed by atoms with Crippen molar-refractivity contribution in [3.8, 4) is 5.75 Å². The highest BCUT2D eigenvalue weighted by molar-refractivity contribution is 7.94. The fraction of sp³-hybridized carbons (Fsp3) is 0.0476. The van der Waals surface area contributed by atoms with E-state index in [-0.39, 0.29) is 44.1 Å². The average Bonchev–Trinajstić information content (AvgIpc) is 3.30. The van der Waals surface area contributed by atoms with Crippen molar-refractivity contribution < 1.29 is 47.5 Å². The minimum atomic E-state index is -5.00. The number of aromatic amines is 1. The second-order valence-electron chi connectivity index (χ2n) is 8.02. The fourth-order valence-electron chi connectivity index (χ4n) is 3.62. The lowest BCUT2D eigenvalue weighted by atomic mass is 10.1. The van der Waals surface area contributed by atoms with Crippen LogP contribution in [0.1, 0.15) is 16.1 Å². The minimum Gasteiger partial charge on any atom is -0.505 e. The number of carboxylic acids is 1.